The average Bonchev–Trinajstić information content (AvgIpc) is 3.35. The Morgan fingerprint density at radius 1 is 1.17 bits per heavy atom. The lowest BCUT2D eigenvalue weighted by Crippen LogP contribution is -2.16. The molecule has 0 radical (unpaired) electrons. The Labute approximate surface area is 167 Å². The van der Waals surface area contributed by atoms with Crippen molar-refractivity contribution in [1.29, 1.82) is 0 Å². The fourth-order valence-electron chi connectivity index (χ4n) is 2.95. The van der Waals surface area contributed by atoms with E-state index in [-0.39, 0.29) is 11.3 Å². The molecule has 0 saturated heterocycles. The minimum absolute atomic E-state index is 0.189. The topological polar surface area (TPSA) is 109 Å². The fourth-order valence-corrected chi connectivity index (χ4v) is 2.95. The van der Waals surface area contributed by atoms with E-state index in [1.807, 2.05) is 39.1 Å². The first-order chi connectivity index (χ1) is 13.9. The van der Waals surface area contributed by atoms with Gasteiger partial charge in [-0.3, -0.25) is 4.79 Å². The van der Waals surface area contributed by atoms with Crippen molar-refractivity contribution >= 4 is 28.6 Å². The average molecular weight is 390 g/mol. The number of hydrogen-bond donors (Lipinski definition) is 3. The van der Waals surface area contributed by atoms with E-state index < -0.39 is 0 Å². The summed E-state index contributed by atoms with van der Waals surface area (Å²) in [5.41, 5.74) is 2.11. The Bertz CT molecular complexity index is 1160. The number of aromatic nitrogens is 4. The van der Waals surface area contributed by atoms with Crippen molar-refractivity contribution in [2.45, 2.75) is 32.7 Å². The summed E-state index contributed by atoms with van der Waals surface area (Å²) < 4.78 is 5.33. The standard InChI is InChI=1S/C21H22N6O2/c1-21(2,3)16-11-17(27-29-16)26-20(28)15-5-4-8-22-19(15)25-12-13-6-9-23-18-14(13)7-10-24-18/h4-11H,12H2,1-3H3,(H,22,25)(H,23,24)(H,26,27,28). The van der Waals surface area contributed by atoms with Gasteiger partial charge in [0.05, 0.1) is 5.56 Å². The smallest absolute Gasteiger partial charge is 0.260 e. The number of anilines is 2. The number of hydrogen-bond acceptors (Lipinski definition) is 6. The molecule has 1 amide bonds. The van der Waals surface area contributed by atoms with Crippen LogP contribution >= 0.6 is 0 Å². The number of nitrogens with zero attached hydrogens (tertiary/aromatic N) is 3. The van der Waals surface area contributed by atoms with Crippen LogP contribution in [0.3, 0.4) is 0 Å². The van der Waals surface area contributed by atoms with Gasteiger partial charge in [0.2, 0.25) is 0 Å². The van der Waals surface area contributed by atoms with Gasteiger partial charge in [-0.25, -0.2) is 9.97 Å². The molecule has 4 rings (SSSR count). The summed E-state index contributed by atoms with van der Waals surface area (Å²) in [7, 11) is 0. The van der Waals surface area contributed by atoms with Crippen molar-refractivity contribution in [2.24, 2.45) is 0 Å². The Kier molecular flexibility index (Phi) is 4.75. The molecular weight excluding hydrogens is 368 g/mol. The number of nitrogens with one attached hydrogen (secondary N) is 3. The van der Waals surface area contributed by atoms with Crippen LogP contribution in [0.25, 0.3) is 11.0 Å². The molecule has 29 heavy (non-hydrogen) atoms. The number of rotatable bonds is 5. The third kappa shape index (κ3) is 3.96. The second kappa shape index (κ2) is 7.38. The van der Waals surface area contributed by atoms with Crippen LogP contribution in [-0.4, -0.2) is 26.0 Å². The van der Waals surface area contributed by atoms with Gasteiger partial charge < -0.3 is 20.1 Å². The Hall–Kier alpha value is -3.68. The highest BCUT2D eigenvalue weighted by molar-refractivity contribution is 6.07. The largest absolute Gasteiger partial charge is 0.365 e. The molecule has 0 aliphatic heterocycles. The SMILES string of the molecule is CC(C)(C)c1cc(NC(=O)c2cccnc2NCc2ccnc3[nH]ccc23)no1. The first kappa shape index (κ1) is 18.7. The predicted molar refractivity (Wildman–Crippen MR) is 111 cm³/mol. The Balaban J connectivity index is 1.51. The molecule has 4 aromatic rings. The summed E-state index contributed by atoms with van der Waals surface area (Å²) in [6, 6.07) is 9.09. The number of amides is 1. The van der Waals surface area contributed by atoms with E-state index in [4.69, 9.17) is 4.52 Å². The van der Waals surface area contributed by atoms with E-state index in [1.165, 1.54) is 0 Å². The number of fused-ring (bicyclic) bond motifs is 1. The monoisotopic (exact) mass is 390 g/mol. The highest BCUT2D eigenvalue weighted by atomic mass is 16.5. The number of aromatic amines is 1. The molecule has 8 heteroatoms. The van der Waals surface area contributed by atoms with Gasteiger partial charge in [-0.15, -0.1) is 0 Å². The van der Waals surface area contributed by atoms with Crippen molar-refractivity contribution in [2.75, 3.05) is 10.6 Å². The van der Waals surface area contributed by atoms with Crippen molar-refractivity contribution in [3.63, 3.8) is 0 Å². The normalized spacial score (nSPS) is 11.6. The minimum atomic E-state index is -0.309. The maximum Gasteiger partial charge on any atom is 0.260 e. The maximum absolute atomic E-state index is 12.8. The van der Waals surface area contributed by atoms with E-state index >= 15 is 0 Å². The summed E-state index contributed by atoms with van der Waals surface area (Å²) >= 11 is 0. The number of pyridine rings is 2. The van der Waals surface area contributed by atoms with E-state index in [9.17, 15) is 4.79 Å². The number of carbonyl (C=O) groups excluding carboxylic acids is 1. The van der Waals surface area contributed by atoms with Crippen LogP contribution < -0.4 is 10.6 Å². The van der Waals surface area contributed by atoms with Crippen LogP contribution in [0.5, 0.6) is 0 Å². The molecule has 0 bridgehead atoms. The Morgan fingerprint density at radius 3 is 2.83 bits per heavy atom. The van der Waals surface area contributed by atoms with Crippen molar-refractivity contribution < 1.29 is 9.32 Å². The molecule has 4 heterocycles. The molecule has 8 nitrogen and oxygen atoms in total. The summed E-state index contributed by atoms with van der Waals surface area (Å²) in [4.78, 5) is 24.5. The third-order valence-corrected chi connectivity index (χ3v) is 4.54. The summed E-state index contributed by atoms with van der Waals surface area (Å²) in [5, 5.41) is 11.0. The van der Waals surface area contributed by atoms with Crippen molar-refractivity contribution in [3.8, 4) is 0 Å². The molecule has 0 aliphatic carbocycles. The van der Waals surface area contributed by atoms with E-state index in [0.29, 0.717) is 29.5 Å². The van der Waals surface area contributed by atoms with Gasteiger partial charge in [0.15, 0.2) is 5.82 Å². The van der Waals surface area contributed by atoms with Crippen LogP contribution in [0.4, 0.5) is 11.6 Å². The van der Waals surface area contributed by atoms with Gasteiger partial charge in [-0.2, -0.15) is 0 Å². The summed E-state index contributed by atoms with van der Waals surface area (Å²) in [6.07, 6.45) is 5.25. The lowest BCUT2D eigenvalue weighted by atomic mass is 9.93. The molecule has 3 N–H and O–H groups in total. The van der Waals surface area contributed by atoms with Crippen LogP contribution in [0.2, 0.25) is 0 Å². The fraction of sp³-hybridized carbons (Fsp3) is 0.238. The van der Waals surface area contributed by atoms with E-state index in [1.54, 1.807) is 30.6 Å². The van der Waals surface area contributed by atoms with Crippen LogP contribution in [0, 0.1) is 0 Å². The molecular formula is C21H22N6O2. The van der Waals surface area contributed by atoms with Gasteiger partial charge in [0.1, 0.15) is 17.2 Å². The molecule has 0 aromatic carbocycles. The van der Waals surface area contributed by atoms with Gasteiger partial charge in [0, 0.05) is 42.0 Å². The molecule has 0 saturated carbocycles. The van der Waals surface area contributed by atoms with Gasteiger partial charge in [-0.05, 0) is 29.8 Å². The molecule has 4 aromatic heterocycles. The highest BCUT2D eigenvalue weighted by Gasteiger charge is 2.21. The third-order valence-electron chi connectivity index (χ3n) is 4.54. The predicted octanol–water partition coefficient (Wildman–Crippen LogP) is 4.11. The zero-order valence-corrected chi connectivity index (χ0v) is 16.5. The molecule has 0 spiro atoms. The van der Waals surface area contributed by atoms with Gasteiger partial charge in [-0.1, -0.05) is 25.9 Å². The van der Waals surface area contributed by atoms with Gasteiger partial charge >= 0.3 is 0 Å². The first-order valence-electron chi connectivity index (χ1n) is 9.30. The molecule has 0 unspecified atom stereocenters. The zero-order valence-electron chi connectivity index (χ0n) is 16.5. The molecule has 0 aliphatic rings. The van der Waals surface area contributed by atoms with Crippen LogP contribution in [0.15, 0.2) is 53.4 Å². The summed E-state index contributed by atoms with van der Waals surface area (Å²) in [6.45, 7) is 6.56. The van der Waals surface area contributed by atoms with Gasteiger partial charge in [0.25, 0.3) is 5.91 Å². The second-order valence-corrected chi connectivity index (χ2v) is 7.74. The lowest BCUT2D eigenvalue weighted by Gasteiger charge is -2.12. The number of H-pyrrole nitrogens is 1. The first-order valence-corrected chi connectivity index (χ1v) is 9.30. The van der Waals surface area contributed by atoms with E-state index in [0.717, 1.165) is 16.6 Å². The zero-order chi connectivity index (χ0) is 20.4. The second-order valence-electron chi connectivity index (χ2n) is 7.74. The molecule has 148 valence electrons. The van der Waals surface area contributed by atoms with Crippen molar-refractivity contribution in [1.82, 2.24) is 20.1 Å². The molecule has 0 atom stereocenters. The Morgan fingerprint density at radius 2 is 2.03 bits per heavy atom. The van der Waals surface area contributed by atoms with E-state index in [2.05, 4.69) is 30.7 Å². The quantitative estimate of drug-likeness (QED) is 0.473. The highest BCUT2D eigenvalue weighted by Crippen LogP contribution is 2.25. The number of carbonyl (C=O) groups is 1. The maximum atomic E-state index is 12.8. The minimum Gasteiger partial charge on any atom is -0.365 e. The van der Waals surface area contributed by atoms with Crippen molar-refractivity contribution in [3.05, 3.63) is 65.8 Å². The van der Waals surface area contributed by atoms with Crippen LogP contribution in [0.1, 0.15) is 42.5 Å². The molecule has 0 fully saturated rings. The van der Waals surface area contributed by atoms with Crippen LogP contribution in [-0.2, 0) is 12.0 Å². The summed E-state index contributed by atoms with van der Waals surface area (Å²) in [5.74, 6) is 1.25. The lowest BCUT2D eigenvalue weighted by molar-refractivity contribution is 0.102.